The predicted molar refractivity (Wildman–Crippen MR) is 71.9 cm³/mol. The molecule has 0 spiro atoms. The number of hydrogen-bond donors (Lipinski definition) is 1. The summed E-state index contributed by atoms with van der Waals surface area (Å²) >= 11 is 0. The summed E-state index contributed by atoms with van der Waals surface area (Å²) in [6.45, 7) is 0. The van der Waals surface area contributed by atoms with E-state index in [1.807, 2.05) is 42.5 Å². The summed E-state index contributed by atoms with van der Waals surface area (Å²) < 4.78 is 5.39. The van der Waals surface area contributed by atoms with Crippen LogP contribution in [0.3, 0.4) is 0 Å². The standard InChI is InChI=1S/C15H14N2O2/c1-19-13-12(10-6-3-2-4-7-10)11-8-5-9-16-14(11)17-15(13)18/h2-9,12-13H,1H3,(H,16,17,18). The Morgan fingerprint density at radius 1 is 1.16 bits per heavy atom. The second-order valence-electron chi connectivity index (χ2n) is 4.48. The molecule has 2 atom stereocenters. The van der Waals surface area contributed by atoms with Gasteiger partial charge in [0.25, 0.3) is 5.91 Å². The van der Waals surface area contributed by atoms with Crippen LogP contribution in [0.25, 0.3) is 0 Å². The van der Waals surface area contributed by atoms with E-state index in [-0.39, 0.29) is 11.8 Å². The molecule has 3 rings (SSSR count). The number of fused-ring (bicyclic) bond motifs is 1. The number of aromatic nitrogens is 1. The lowest BCUT2D eigenvalue weighted by molar-refractivity contribution is -0.126. The lowest BCUT2D eigenvalue weighted by atomic mass is 9.84. The minimum atomic E-state index is -0.529. The van der Waals surface area contributed by atoms with Crippen LogP contribution in [0, 0.1) is 0 Å². The van der Waals surface area contributed by atoms with Crippen molar-refractivity contribution >= 4 is 11.7 Å². The Labute approximate surface area is 111 Å². The molecule has 1 N–H and O–H groups in total. The fourth-order valence-corrected chi connectivity index (χ4v) is 2.53. The zero-order chi connectivity index (χ0) is 13.2. The van der Waals surface area contributed by atoms with Gasteiger partial charge in [0.05, 0.1) is 0 Å². The van der Waals surface area contributed by atoms with Gasteiger partial charge >= 0.3 is 0 Å². The van der Waals surface area contributed by atoms with Crippen molar-refractivity contribution in [2.24, 2.45) is 0 Å². The molecule has 1 aliphatic heterocycles. The van der Waals surface area contributed by atoms with Gasteiger partial charge in [-0.2, -0.15) is 0 Å². The summed E-state index contributed by atoms with van der Waals surface area (Å²) in [5.74, 6) is 0.348. The van der Waals surface area contributed by atoms with Gasteiger partial charge in [0.1, 0.15) is 11.9 Å². The van der Waals surface area contributed by atoms with Crippen molar-refractivity contribution in [3.05, 3.63) is 59.8 Å². The molecule has 4 heteroatoms. The van der Waals surface area contributed by atoms with Crippen molar-refractivity contribution in [3.8, 4) is 0 Å². The maximum atomic E-state index is 12.1. The number of nitrogens with zero attached hydrogens (tertiary/aromatic N) is 1. The number of carbonyl (C=O) groups excluding carboxylic acids is 1. The summed E-state index contributed by atoms with van der Waals surface area (Å²) in [4.78, 5) is 16.3. The van der Waals surface area contributed by atoms with E-state index < -0.39 is 6.10 Å². The Hall–Kier alpha value is -2.20. The smallest absolute Gasteiger partial charge is 0.255 e. The van der Waals surface area contributed by atoms with Crippen molar-refractivity contribution in [1.29, 1.82) is 0 Å². The van der Waals surface area contributed by atoms with Crippen LogP contribution in [0.5, 0.6) is 0 Å². The summed E-state index contributed by atoms with van der Waals surface area (Å²) in [5.41, 5.74) is 2.04. The first-order chi connectivity index (χ1) is 9.31. The minimum Gasteiger partial charge on any atom is -0.371 e. The van der Waals surface area contributed by atoms with Crippen molar-refractivity contribution < 1.29 is 9.53 Å². The number of carbonyl (C=O) groups is 1. The Morgan fingerprint density at radius 3 is 2.68 bits per heavy atom. The highest BCUT2D eigenvalue weighted by Gasteiger charge is 2.37. The van der Waals surface area contributed by atoms with E-state index in [4.69, 9.17) is 4.74 Å². The molecule has 0 fully saturated rings. The van der Waals surface area contributed by atoms with Gasteiger partial charge in [-0.25, -0.2) is 4.98 Å². The average Bonchev–Trinajstić information content (AvgIpc) is 2.46. The van der Waals surface area contributed by atoms with E-state index in [0.717, 1.165) is 11.1 Å². The van der Waals surface area contributed by atoms with E-state index in [1.54, 1.807) is 13.3 Å². The first-order valence-electron chi connectivity index (χ1n) is 6.15. The van der Waals surface area contributed by atoms with Crippen molar-refractivity contribution in [2.45, 2.75) is 12.0 Å². The van der Waals surface area contributed by atoms with E-state index in [2.05, 4.69) is 10.3 Å². The Bertz CT molecular complexity index is 598. The van der Waals surface area contributed by atoms with Crippen LogP contribution >= 0.6 is 0 Å². The molecule has 0 bridgehead atoms. The number of methoxy groups -OCH3 is 1. The molecule has 1 aromatic carbocycles. The summed E-state index contributed by atoms with van der Waals surface area (Å²) in [6.07, 6.45) is 1.15. The normalized spacial score (nSPS) is 21.6. The highest BCUT2D eigenvalue weighted by atomic mass is 16.5. The second kappa shape index (κ2) is 4.82. The van der Waals surface area contributed by atoms with Gasteiger partial charge in [-0.15, -0.1) is 0 Å². The molecule has 2 aromatic rings. The van der Waals surface area contributed by atoms with Gasteiger partial charge in [-0.05, 0) is 11.6 Å². The topological polar surface area (TPSA) is 51.2 Å². The fourth-order valence-electron chi connectivity index (χ4n) is 2.53. The molecule has 0 saturated heterocycles. The molecule has 1 amide bonds. The van der Waals surface area contributed by atoms with Crippen LogP contribution in [0.4, 0.5) is 5.82 Å². The summed E-state index contributed by atoms with van der Waals surface area (Å²) in [5, 5.41) is 2.79. The average molecular weight is 254 g/mol. The quantitative estimate of drug-likeness (QED) is 0.893. The van der Waals surface area contributed by atoms with E-state index >= 15 is 0 Å². The SMILES string of the molecule is COC1C(=O)Nc2ncccc2C1c1ccccc1. The Kier molecular flexibility index (Phi) is 3.01. The molecular formula is C15H14N2O2. The number of pyridine rings is 1. The van der Waals surface area contributed by atoms with Crippen LogP contribution < -0.4 is 5.32 Å². The molecule has 2 unspecified atom stereocenters. The third-order valence-electron chi connectivity index (χ3n) is 3.39. The third kappa shape index (κ3) is 2.00. The lowest BCUT2D eigenvalue weighted by Crippen LogP contribution is -2.40. The van der Waals surface area contributed by atoms with Crippen LogP contribution in [0.15, 0.2) is 48.7 Å². The monoisotopic (exact) mass is 254 g/mol. The minimum absolute atomic E-state index is 0.122. The molecule has 1 aromatic heterocycles. The highest BCUT2D eigenvalue weighted by Crippen LogP contribution is 2.36. The van der Waals surface area contributed by atoms with E-state index in [9.17, 15) is 4.79 Å². The van der Waals surface area contributed by atoms with Crippen LogP contribution in [-0.2, 0) is 9.53 Å². The molecule has 19 heavy (non-hydrogen) atoms. The summed E-state index contributed by atoms with van der Waals surface area (Å²) in [6, 6.07) is 13.7. The Balaban J connectivity index is 2.15. The Morgan fingerprint density at radius 2 is 1.95 bits per heavy atom. The second-order valence-corrected chi connectivity index (χ2v) is 4.48. The molecule has 2 heterocycles. The van der Waals surface area contributed by atoms with Crippen LogP contribution in [-0.4, -0.2) is 24.1 Å². The largest absolute Gasteiger partial charge is 0.371 e. The van der Waals surface area contributed by atoms with E-state index in [0.29, 0.717) is 5.82 Å². The van der Waals surface area contributed by atoms with Crippen molar-refractivity contribution in [1.82, 2.24) is 4.98 Å². The highest BCUT2D eigenvalue weighted by molar-refractivity contribution is 5.97. The summed E-state index contributed by atoms with van der Waals surface area (Å²) in [7, 11) is 1.56. The third-order valence-corrected chi connectivity index (χ3v) is 3.39. The molecule has 0 aliphatic carbocycles. The van der Waals surface area contributed by atoms with Gasteiger partial charge in [0.15, 0.2) is 0 Å². The number of nitrogens with one attached hydrogen (secondary N) is 1. The van der Waals surface area contributed by atoms with Crippen LogP contribution in [0.2, 0.25) is 0 Å². The first kappa shape index (κ1) is 11.9. The molecule has 4 nitrogen and oxygen atoms in total. The van der Waals surface area contributed by atoms with Gasteiger partial charge in [0, 0.05) is 24.8 Å². The maximum absolute atomic E-state index is 12.1. The fraction of sp³-hybridized carbons (Fsp3) is 0.200. The van der Waals surface area contributed by atoms with Gasteiger partial charge in [-0.1, -0.05) is 36.4 Å². The number of anilines is 1. The number of ether oxygens (including phenoxy) is 1. The molecular weight excluding hydrogens is 240 g/mol. The molecule has 96 valence electrons. The number of rotatable bonds is 2. The number of benzene rings is 1. The van der Waals surface area contributed by atoms with Crippen LogP contribution in [0.1, 0.15) is 17.0 Å². The molecule has 0 saturated carbocycles. The van der Waals surface area contributed by atoms with Crippen molar-refractivity contribution in [3.63, 3.8) is 0 Å². The number of hydrogen-bond acceptors (Lipinski definition) is 3. The zero-order valence-electron chi connectivity index (χ0n) is 10.5. The predicted octanol–water partition coefficient (Wildman–Crippen LogP) is 2.18. The lowest BCUT2D eigenvalue weighted by Gasteiger charge is -2.31. The van der Waals surface area contributed by atoms with Gasteiger partial charge in [0.2, 0.25) is 0 Å². The van der Waals surface area contributed by atoms with Crippen molar-refractivity contribution in [2.75, 3.05) is 12.4 Å². The van der Waals surface area contributed by atoms with Gasteiger partial charge < -0.3 is 10.1 Å². The molecule has 0 radical (unpaired) electrons. The maximum Gasteiger partial charge on any atom is 0.255 e. The number of amides is 1. The zero-order valence-corrected chi connectivity index (χ0v) is 10.5. The van der Waals surface area contributed by atoms with Gasteiger partial charge in [-0.3, -0.25) is 4.79 Å². The molecule has 1 aliphatic rings. The first-order valence-corrected chi connectivity index (χ1v) is 6.15. The van der Waals surface area contributed by atoms with E-state index in [1.165, 1.54) is 0 Å².